The summed E-state index contributed by atoms with van der Waals surface area (Å²) in [6.07, 6.45) is 1.22. The number of carbonyl (C=O) groups excluding carboxylic acids is 1. The van der Waals surface area contributed by atoms with Crippen LogP contribution in [0.15, 0.2) is 53.7 Å². The van der Waals surface area contributed by atoms with Crippen LogP contribution in [-0.2, 0) is 16.2 Å². The Bertz CT molecular complexity index is 677. The Hall–Kier alpha value is -2.40. The third-order valence-electron chi connectivity index (χ3n) is 2.80. The van der Waals surface area contributed by atoms with Crippen molar-refractivity contribution in [2.75, 3.05) is 6.61 Å². The monoisotopic (exact) mass is 320 g/mol. The Labute approximate surface area is 132 Å². The van der Waals surface area contributed by atoms with E-state index in [2.05, 4.69) is 10.5 Å². The molecule has 22 heavy (non-hydrogen) atoms. The summed E-state index contributed by atoms with van der Waals surface area (Å²) < 4.78 is 13.3. The molecule has 2 aromatic carbocycles. The number of oxime groups is 1. The Morgan fingerprint density at radius 1 is 1.23 bits per heavy atom. The molecule has 0 aliphatic rings. The summed E-state index contributed by atoms with van der Waals surface area (Å²) in [6, 6.07) is 13.3. The van der Waals surface area contributed by atoms with E-state index >= 15 is 0 Å². The molecule has 6 heteroatoms. The van der Waals surface area contributed by atoms with E-state index in [0.29, 0.717) is 17.1 Å². The molecule has 0 fully saturated rings. The molecule has 0 spiro atoms. The van der Waals surface area contributed by atoms with Crippen LogP contribution in [0.5, 0.6) is 0 Å². The molecule has 0 aromatic heterocycles. The van der Waals surface area contributed by atoms with Crippen LogP contribution in [0.25, 0.3) is 0 Å². The molecule has 0 heterocycles. The van der Waals surface area contributed by atoms with Crippen molar-refractivity contribution in [1.29, 1.82) is 0 Å². The van der Waals surface area contributed by atoms with E-state index in [1.807, 2.05) is 18.2 Å². The molecule has 0 saturated heterocycles. The van der Waals surface area contributed by atoms with Crippen molar-refractivity contribution in [3.05, 3.63) is 70.5 Å². The molecule has 0 atom stereocenters. The van der Waals surface area contributed by atoms with Crippen molar-refractivity contribution in [2.24, 2.45) is 5.16 Å². The predicted molar refractivity (Wildman–Crippen MR) is 83.2 cm³/mol. The highest BCUT2D eigenvalue weighted by Gasteiger charge is 2.04. The maximum absolute atomic E-state index is 13.3. The SMILES string of the molecule is O=C(CO/N=C\c1ccccc1F)NCc1ccccc1Cl. The van der Waals surface area contributed by atoms with E-state index in [1.165, 1.54) is 12.3 Å². The summed E-state index contributed by atoms with van der Waals surface area (Å²) in [5.74, 6) is -0.747. The van der Waals surface area contributed by atoms with Gasteiger partial charge in [-0.1, -0.05) is 53.2 Å². The zero-order chi connectivity index (χ0) is 15.8. The molecule has 0 bridgehead atoms. The highest BCUT2D eigenvalue weighted by Crippen LogP contribution is 2.14. The van der Waals surface area contributed by atoms with E-state index in [1.54, 1.807) is 24.3 Å². The van der Waals surface area contributed by atoms with Crippen molar-refractivity contribution in [2.45, 2.75) is 6.54 Å². The van der Waals surface area contributed by atoms with Crippen molar-refractivity contribution in [3.8, 4) is 0 Å². The number of nitrogens with zero attached hydrogens (tertiary/aromatic N) is 1. The van der Waals surface area contributed by atoms with Crippen molar-refractivity contribution in [3.63, 3.8) is 0 Å². The topological polar surface area (TPSA) is 50.7 Å². The number of carbonyl (C=O) groups is 1. The van der Waals surface area contributed by atoms with E-state index in [9.17, 15) is 9.18 Å². The van der Waals surface area contributed by atoms with Gasteiger partial charge in [0.15, 0.2) is 6.61 Å². The van der Waals surface area contributed by atoms with Gasteiger partial charge in [0.25, 0.3) is 5.91 Å². The quantitative estimate of drug-likeness (QED) is 0.656. The summed E-state index contributed by atoms with van der Waals surface area (Å²) in [6.45, 7) is 0.0499. The molecule has 2 aromatic rings. The van der Waals surface area contributed by atoms with Crippen LogP contribution < -0.4 is 5.32 Å². The van der Waals surface area contributed by atoms with Gasteiger partial charge in [-0.05, 0) is 17.7 Å². The molecule has 114 valence electrons. The van der Waals surface area contributed by atoms with Gasteiger partial charge in [0.1, 0.15) is 5.82 Å². The third kappa shape index (κ3) is 4.86. The lowest BCUT2D eigenvalue weighted by molar-refractivity contribution is -0.125. The van der Waals surface area contributed by atoms with Crippen molar-refractivity contribution in [1.82, 2.24) is 5.32 Å². The average Bonchev–Trinajstić information content (AvgIpc) is 2.52. The minimum Gasteiger partial charge on any atom is -0.386 e. The van der Waals surface area contributed by atoms with E-state index in [-0.39, 0.29) is 12.5 Å². The van der Waals surface area contributed by atoms with Crippen LogP contribution in [0, 0.1) is 5.82 Å². The minimum atomic E-state index is -0.405. The summed E-state index contributed by atoms with van der Waals surface area (Å²) in [4.78, 5) is 16.4. The van der Waals surface area contributed by atoms with Gasteiger partial charge < -0.3 is 10.2 Å². The normalized spacial score (nSPS) is 10.6. The molecular weight excluding hydrogens is 307 g/mol. The van der Waals surface area contributed by atoms with Crippen LogP contribution in [0.1, 0.15) is 11.1 Å². The molecule has 2 rings (SSSR count). The fourth-order valence-corrected chi connectivity index (χ4v) is 1.86. The number of hydrogen-bond acceptors (Lipinski definition) is 3. The van der Waals surface area contributed by atoms with Crippen molar-refractivity contribution < 1.29 is 14.0 Å². The third-order valence-corrected chi connectivity index (χ3v) is 3.17. The highest BCUT2D eigenvalue weighted by molar-refractivity contribution is 6.31. The lowest BCUT2D eigenvalue weighted by Crippen LogP contribution is -2.26. The number of benzene rings is 2. The van der Waals surface area contributed by atoms with Gasteiger partial charge in [-0.2, -0.15) is 0 Å². The maximum atomic E-state index is 13.3. The van der Waals surface area contributed by atoms with Gasteiger partial charge in [0, 0.05) is 17.1 Å². The van der Waals surface area contributed by atoms with Gasteiger partial charge in [0.05, 0.1) is 6.21 Å². The smallest absolute Gasteiger partial charge is 0.261 e. The summed E-state index contributed by atoms with van der Waals surface area (Å²) in [5, 5.41) is 6.80. The molecule has 0 unspecified atom stereocenters. The Kier molecular flexibility index (Phi) is 5.91. The van der Waals surface area contributed by atoms with E-state index in [0.717, 1.165) is 5.56 Å². The van der Waals surface area contributed by atoms with Crippen LogP contribution in [0.3, 0.4) is 0 Å². The Balaban J connectivity index is 1.74. The first-order valence-electron chi connectivity index (χ1n) is 6.57. The molecule has 0 aliphatic heterocycles. The van der Waals surface area contributed by atoms with Gasteiger partial charge in [-0.25, -0.2) is 4.39 Å². The summed E-state index contributed by atoms with van der Waals surface area (Å²) in [5.41, 5.74) is 1.10. The van der Waals surface area contributed by atoms with Crippen LogP contribution in [0.4, 0.5) is 4.39 Å². The first-order chi connectivity index (χ1) is 10.7. The number of halogens is 2. The lowest BCUT2D eigenvalue weighted by atomic mass is 10.2. The van der Waals surface area contributed by atoms with Gasteiger partial charge >= 0.3 is 0 Å². The second-order valence-corrected chi connectivity index (χ2v) is 4.80. The molecule has 0 saturated carbocycles. The molecule has 1 amide bonds. The number of nitrogens with one attached hydrogen (secondary N) is 1. The summed E-state index contributed by atoms with van der Waals surface area (Å²) in [7, 11) is 0. The van der Waals surface area contributed by atoms with E-state index in [4.69, 9.17) is 16.4 Å². The Morgan fingerprint density at radius 2 is 1.95 bits per heavy atom. The molecule has 0 radical (unpaired) electrons. The Morgan fingerprint density at radius 3 is 2.73 bits per heavy atom. The maximum Gasteiger partial charge on any atom is 0.261 e. The second-order valence-electron chi connectivity index (χ2n) is 4.40. The van der Waals surface area contributed by atoms with Gasteiger partial charge in [-0.3, -0.25) is 4.79 Å². The number of amides is 1. The second kappa shape index (κ2) is 8.14. The minimum absolute atomic E-state index is 0.255. The van der Waals surface area contributed by atoms with Crippen LogP contribution >= 0.6 is 11.6 Å². The zero-order valence-corrected chi connectivity index (χ0v) is 12.4. The fraction of sp³-hybridized carbons (Fsp3) is 0.125. The highest BCUT2D eigenvalue weighted by atomic mass is 35.5. The number of hydrogen-bond donors (Lipinski definition) is 1. The first-order valence-corrected chi connectivity index (χ1v) is 6.94. The average molecular weight is 321 g/mol. The first kappa shape index (κ1) is 16.0. The zero-order valence-electron chi connectivity index (χ0n) is 11.6. The molecule has 1 N–H and O–H groups in total. The number of rotatable bonds is 6. The fourth-order valence-electron chi connectivity index (χ4n) is 1.66. The van der Waals surface area contributed by atoms with Gasteiger partial charge in [-0.15, -0.1) is 0 Å². The molecule has 4 nitrogen and oxygen atoms in total. The molecule has 0 aliphatic carbocycles. The van der Waals surface area contributed by atoms with E-state index < -0.39 is 5.82 Å². The van der Waals surface area contributed by atoms with Crippen molar-refractivity contribution >= 4 is 23.7 Å². The molecular formula is C16H14ClFN2O2. The van der Waals surface area contributed by atoms with Crippen LogP contribution in [-0.4, -0.2) is 18.7 Å². The van der Waals surface area contributed by atoms with Gasteiger partial charge in [0.2, 0.25) is 0 Å². The lowest BCUT2D eigenvalue weighted by Gasteiger charge is -2.06. The standard InChI is InChI=1S/C16H14ClFN2O2/c17-14-7-3-1-5-12(14)9-19-16(21)11-22-20-10-13-6-2-4-8-15(13)18/h1-8,10H,9,11H2,(H,19,21)/b20-10-. The van der Waals surface area contributed by atoms with Crippen LogP contribution in [0.2, 0.25) is 5.02 Å². The predicted octanol–water partition coefficient (Wildman–Crippen LogP) is 3.15. The summed E-state index contributed by atoms with van der Waals surface area (Å²) >= 11 is 5.98. The largest absolute Gasteiger partial charge is 0.386 e.